The number of pyridine rings is 1. The predicted octanol–water partition coefficient (Wildman–Crippen LogP) is 3.21. The Morgan fingerprint density at radius 2 is 2.28 bits per heavy atom. The molecule has 2 aromatic rings. The number of hydrogen-bond donors (Lipinski definition) is 1. The summed E-state index contributed by atoms with van der Waals surface area (Å²) in [4.78, 5) is 19.5. The molecule has 0 saturated heterocycles. The van der Waals surface area contributed by atoms with Crippen LogP contribution in [0.3, 0.4) is 0 Å². The number of aryl methyl sites for hydroxylation is 1. The number of fused-ring (bicyclic) bond motifs is 1. The molecule has 4 nitrogen and oxygen atoms in total. The van der Waals surface area contributed by atoms with Crippen molar-refractivity contribution >= 4 is 32.8 Å². The van der Waals surface area contributed by atoms with Crippen LogP contribution in [0, 0.1) is 6.92 Å². The summed E-state index contributed by atoms with van der Waals surface area (Å²) in [5.74, 6) is 0. The number of imidazole rings is 1. The summed E-state index contributed by atoms with van der Waals surface area (Å²) < 4.78 is 2.63. The van der Waals surface area contributed by atoms with E-state index in [0.717, 1.165) is 46.3 Å². The zero-order chi connectivity index (χ0) is 12.7. The minimum absolute atomic E-state index is 0.0943. The Kier molecular flexibility index (Phi) is 2.86. The van der Waals surface area contributed by atoms with Gasteiger partial charge in [-0.2, -0.15) is 0 Å². The fourth-order valence-electron chi connectivity index (χ4n) is 2.39. The third-order valence-corrected chi connectivity index (χ3v) is 4.14. The van der Waals surface area contributed by atoms with E-state index in [4.69, 9.17) is 0 Å². The first-order chi connectivity index (χ1) is 8.66. The van der Waals surface area contributed by atoms with Crippen molar-refractivity contribution in [2.45, 2.75) is 32.6 Å². The van der Waals surface area contributed by atoms with Crippen LogP contribution < -0.4 is 5.69 Å². The minimum atomic E-state index is -0.0943. The maximum absolute atomic E-state index is 12.1. The maximum Gasteiger partial charge on any atom is 0.332 e. The van der Waals surface area contributed by atoms with Gasteiger partial charge in [-0.05, 0) is 54.6 Å². The van der Waals surface area contributed by atoms with E-state index in [0.29, 0.717) is 0 Å². The van der Waals surface area contributed by atoms with Crippen LogP contribution in [0.2, 0.25) is 0 Å². The maximum atomic E-state index is 12.1. The number of nitrogens with one attached hydrogen (secondary N) is 1. The second kappa shape index (κ2) is 4.39. The molecule has 0 unspecified atom stereocenters. The Bertz CT molecular complexity index is 696. The lowest BCUT2D eigenvalue weighted by Gasteiger charge is -2.13. The van der Waals surface area contributed by atoms with Crippen LogP contribution in [0.5, 0.6) is 0 Å². The fourth-order valence-corrected chi connectivity index (χ4v) is 2.71. The van der Waals surface area contributed by atoms with Crippen LogP contribution in [0.1, 0.15) is 31.4 Å². The molecule has 5 heteroatoms. The first-order valence-electron chi connectivity index (χ1n) is 6.14. The first kappa shape index (κ1) is 11.7. The number of H-pyrrole nitrogens is 1. The summed E-state index contributed by atoms with van der Waals surface area (Å²) in [7, 11) is 0. The molecule has 0 atom stereocenters. The molecule has 18 heavy (non-hydrogen) atoms. The molecule has 0 aliphatic heterocycles. The predicted molar refractivity (Wildman–Crippen MR) is 75.5 cm³/mol. The Hall–Kier alpha value is -1.36. The number of aromatic nitrogens is 3. The summed E-state index contributed by atoms with van der Waals surface area (Å²) in [5, 5.41) is 0. The number of hydrogen-bond acceptors (Lipinski definition) is 2. The third kappa shape index (κ3) is 1.82. The van der Waals surface area contributed by atoms with Crippen LogP contribution in [0.15, 0.2) is 21.4 Å². The van der Waals surface area contributed by atoms with Crippen molar-refractivity contribution in [1.29, 1.82) is 0 Å². The molecule has 2 aromatic heterocycles. The summed E-state index contributed by atoms with van der Waals surface area (Å²) >= 11 is 3.44. The van der Waals surface area contributed by atoms with E-state index >= 15 is 0 Å². The normalized spacial score (nSPS) is 16.0. The summed E-state index contributed by atoms with van der Waals surface area (Å²) in [6.07, 6.45) is 6.49. The molecule has 3 rings (SSSR count). The molecule has 0 bridgehead atoms. The molecule has 0 amide bonds. The van der Waals surface area contributed by atoms with Gasteiger partial charge >= 0.3 is 5.69 Å². The molecule has 1 aliphatic carbocycles. The van der Waals surface area contributed by atoms with Crippen molar-refractivity contribution in [2.24, 2.45) is 0 Å². The molecule has 1 N–H and O–H groups in total. The van der Waals surface area contributed by atoms with Gasteiger partial charge in [0.05, 0.1) is 11.2 Å². The zero-order valence-electron chi connectivity index (χ0n) is 10.2. The number of rotatable bonds is 1. The zero-order valence-corrected chi connectivity index (χ0v) is 11.7. The van der Waals surface area contributed by atoms with E-state index in [1.54, 1.807) is 4.57 Å². The highest BCUT2D eigenvalue weighted by Crippen LogP contribution is 2.25. The van der Waals surface area contributed by atoms with Gasteiger partial charge in [0, 0.05) is 10.2 Å². The van der Waals surface area contributed by atoms with Crippen LogP contribution in [-0.2, 0) is 0 Å². The lowest BCUT2D eigenvalue weighted by atomic mass is 10.0. The smallest absolute Gasteiger partial charge is 0.304 e. The second-order valence-corrected chi connectivity index (χ2v) is 5.49. The van der Waals surface area contributed by atoms with Gasteiger partial charge in [-0.3, -0.25) is 0 Å². The standard InChI is InChI=1S/C13H14BrN3O/c1-8-10(14)7-11-12(15-8)17(13(18)16-11)9-5-3-2-4-6-9/h5,7H,2-4,6H2,1H3,(H,16,18). The summed E-state index contributed by atoms with van der Waals surface area (Å²) in [6.45, 7) is 1.93. The second-order valence-electron chi connectivity index (χ2n) is 4.63. The molecular weight excluding hydrogens is 294 g/mol. The van der Waals surface area contributed by atoms with Crippen LogP contribution in [0.25, 0.3) is 16.9 Å². The van der Waals surface area contributed by atoms with E-state index in [1.165, 1.54) is 6.42 Å². The van der Waals surface area contributed by atoms with Gasteiger partial charge in [0.25, 0.3) is 0 Å². The van der Waals surface area contributed by atoms with Crippen LogP contribution in [0.4, 0.5) is 0 Å². The van der Waals surface area contributed by atoms with E-state index in [-0.39, 0.29) is 5.69 Å². The molecule has 94 valence electrons. The Balaban J connectivity index is 2.28. The fraction of sp³-hybridized carbons (Fsp3) is 0.385. The highest BCUT2D eigenvalue weighted by molar-refractivity contribution is 9.10. The number of allylic oxidation sites excluding steroid dienone is 2. The largest absolute Gasteiger partial charge is 0.332 e. The van der Waals surface area contributed by atoms with Crippen molar-refractivity contribution in [3.05, 3.63) is 32.8 Å². The van der Waals surface area contributed by atoms with E-state index in [1.807, 2.05) is 13.0 Å². The van der Waals surface area contributed by atoms with Gasteiger partial charge in [-0.15, -0.1) is 0 Å². The van der Waals surface area contributed by atoms with Gasteiger partial charge in [-0.1, -0.05) is 6.08 Å². The number of nitrogens with zero attached hydrogens (tertiary/aromatic N) is 2. The minimum Gasteiger partial charge on any atom is -0.304 e. The topological polar surface area (TPSA) is 50.7 Å². The van der Waals surface area contributed by atoms with Gasteiger partial charge < -0.3 is 4.98 Å². The van der Waals surface area contributed by atoms with Crippen molar-refractivity contribution in [3.8, 4) is 0 Å². The lowest BCUT2D eigenvalue weighted by molar-refractivity contribution is 0.715. The molecule has 1 aliphatic rings. The van der Waals surface area contributed by atoms with Crippen LogP contribution in [-0.4, -0.2) is 14.5 Å². The van der Waals surface area contributed by atoms with Crippen molar-refractivity contribution in [3.63, 3.8) is 0 Å². The van der Waals surface area contributed by atoms with Crippen molar-refractivity contribution in [2.75, 3.05) is 0 Å². The first-order valence-corrected chi connectivity index (χ1v) is 6.93. The Morgan fingerprint density at radius 3 is 3.00 bits per heavy atom. The molecule has 0 aromatic carbocycles. The molecule has 0 spiro atoms. The van der Waals surface area contributed by atoms with Crippen LogP contribution >= 0.6 is 15.9 Å². The highest BCUT2D eigenvalue weighted by atomic mass is 79.9. The average Bonchev–Trinajstić information content (AvgIpc) is 2.66. The lowest BCUT2D eigenvalue weighted by Crippen LogP contribution is -2.17. The quantitative estimate of drug-likeness (QED) is 0.879. The summed E-state index contributed by atoms with van der Waals surface area (Å²) in [6, 6.07) is 1.92. The third-order valence-electron chi connectivity index (χ3n) is 3.34. The van der Waals surface area contributed by atoms with Crippen molar-refractivity contribution in [1.82, 2.24) is 14.5 Å². The molecule has 0 fully saturated rings. The molecular formula is C13H14BrN3O. The number of aromatic amines is 1. The Labute approximate surface area is 113 Å². The van der Waals surface area contributed by atoms with E-state index < -0.39 is 0 Å². The van der Waals surface area contributed by atoms with Gasteiger partial charge in [0.2, 0.25) is 0 Å². The summed E-state index contributed by atoms with van der Waals surface area (Å²) in [5.41, 5.74) is 3.39. The van der Waals surface area contributed by atoms with Crippen molar-refractivity contribution < 1.29 is 0 Å². The SMILES string of the molecule is Cc1nc2c(cc1Br)[nH]c(=O)n2C1=CCCCC1. The van der Waals surface area contributed by atoms with E-state index in [9.17, 15) is 4.79 Å². The molecule has 0 radical (unpaired) electrons. The van der Waals surface area contributed by atoms with Gasteiger partial charge in [0.15, 0.2) is 5.65 Å². The van der Waals surface area contributed by atoms with Gasteiger partial charge in [-0.25, -0.2) is 14.3 Å². The average molecular weight is 308 g/mol. The monoisotopic (exact) mass is 307 g/mol. The van der Waals surface area contributed by atoms with Gasteiger partial charge in [0.1, 0.15) is 0 Å². The number of halogens is 1. The molecule has 2 heterocycles. The highest BCUT2D eigenvalue weighted by Gasteiger charge is 2.15. The van der Waals surface area contributed by atoms with E-state index in [2.05, 4.69) is 32.0 Å². The molecule has 0 saturated carbocycles. The Morgan fingerprint density at radius 1 is 1.44 bits per heavy atom.